The number of hydrogen-bond acceptors (Lipinski definition) is 3. The van der Waals surface area contributed by atoms with E-state index in [4.69, 9.17) is 4.74 Å². The van der Waals surface area contributed by atoms with Gasteiger partial charge in [-0.2, -0.15) is 13.2 Å². The summed E-state index contributed by atoms with van der Waals surface area (Å²) >= 11 is 2.89. The second-order valence-corrected chi connectivity index (χ2v) is 6.46. The summed E-state index contributed by atoms with van der Waals surface area (Å²) in [6.45, 7) is 4.68. The lowest BCUT2D eigenvalue weighted by Crippen LogP contribution is -2.49. The SMILES string of the molecule is CC1CN(C(=O)CNc2ccc(Br)c(C(F)(F)F)c2)CC(C)O1. The molecule has 1 fully saturated rings. The first kappa shape index (κ1) is 18.1. The number of morpholine rings is 1. The number of halogens is 4. The van der Waals surface area contributed by atoms with Crippen molar-refractivity contribution in [1.29, 1.82) is 0 Å². The molecule has 1 aromatic rings. The Bertz CT molecular complexity index is 570. The van der Waals surface area contributed by atoms with Crippen molar-refractivity contribution in [2.24, 2.45) is 0 Å². The van der Waals surface area contributed by atoms with Gasteiger partial charge in [-0.25, -0.2) is 0 Å². The smallest absolute Gasteiger partial charge is 0.376 e. The molecule has 1 aliphatic heterocycles. The molecule has 0 bridgehead atoms. The molecule has 8 heteroatoms. The molecule has 128 valence electrons. The quantitative estimate of drug-likeness (QED) is 0.852. The third kappa shape index (κ3) is 4.84. The number of amides is 1. The van der Waals surface area contributed by atoms with Gasteiger partial charge >= 0.3 is 6.18 Å². The Balaban J connectivity index is 1.99. The number of nitrogens with one attached hydrogen (secondary N) is 1. The lowest BCUT2D eigenvalue weighted by Gasteiger charge is -2.35. The van der Waals surface area contributed by atoms with E-state index in [1.54, 1.807) is 4.90 Å². The van der Waals surface area contributed by atoms with Gasteiger partial charge in [0.25, 0.3) is 0 Å². The maximum Gasteiger partial charge on any atom is 0.417 e. The fraction of sp³-hybridized carbons (Fsp3) is 0.533. The molecule has 2 unspecified atom stereocenters. The Kier molecular flexibility index (Phi) is 5.57. The molecule has 23 heavy (non-hydrogen) atoms. The molecular formula is C15H18BrF3N2O2. The molecular weight excluding hydrogens is 377 g/mol. The van der Waals surface area contributed by atoms with E-state index in [1.807, 2.05) is 13.8 Å². The number of nitrogens with zero attached hydrogens (tertiary/aromatic N) is 1. The van der Waals surface area contributed by atoms with Crippen molar-refractivity contribution in [2.75, 3.05) is 25.0 Å². The predicted octanol–water partition coefficient (Wildman–Crippen LogP) is 3.52. The maximum absolute atomic E-state index is 12.9. The van der Waals surface area contributed by atoms with Gasteiger partial charge in [-0.3, -0.25) is 4.79 Å². The summed E-state index contributed by atoms with van der Waals surface area (Å²) in [5.74, 6) is -0.163. The van der Waals surface area contributed by atoms with Crippen molar-refractivity contribution in [3.63, 3.8) is 0 Å². The summed E-state index contributed by atoms with van der Waals surface area (Å²) in [5.41, 5.74) is -0.521. The van der Waals surface area contributed by atoms with Crippen LogP contribution in [-0.4, -0.2) is 42.6 Å². The van der Waals surface area contributed by atoms with Gasteiger partial charge in [0.2, 0.25) is 5.91 Å². The Hall–Kier alpha value is -1.28. The molecule has 0 aromatic heterocycles. The lowest BCUT2D eigenvalue weighted by molar-refractivity contribution is -0.141. The lowest BCUT2D eigenvalue weighted by atomic mass is 10.2. The maximum atomic E-state index is 12.9. The number of hydrogen-bond donors (Lipinski definition) is 1. The van der Waals surface area contributed by atoms with Gasteiger partial charge in [-0.15, -0.1) is 0 Å². The first-order valence-corrected chi connectivity index (χ1v) is 8.00. The average Bonchev–Trinajstić information content (AvgIpc) is 2.43. The summed E-state index contributed by atoms with van der Waals surface area (Å²) in [4.78, 5) is 13.8. The van der Waals surface area contributed by atoms with Crippen LogP contribution in [0.15, 0.2) is 22.7 Å². The molecule has 0 aliphatic carbocycles. The van der Waals surface area contributed by atoms with Gasteiger partial charge < -0.3 is 15.0 Å². The standard InChI is InChI=1S/C15H18BrF3N2O2/c1-9-7-21(8-10(2)23-9)14(22)6-20-11-3-4-13(16)12(5-11)15(17,18)19/h3-5,9-10,20H,6-8H2,1-2H3. The van der Waals surface area contributed by atoms with Crippen molar-refractivity contribution < 1.29 is 22.7 Å². The van der Waals surface area contributed by atoms with Gasteiger partial charge in [0.15, 0.2) is 0 Å². The van der Waals surface area contributed by atoms with Crippen molar-refractivity contribution >= 4 is 27.5 Å². The monoisotopic (exact) mass is 394 g/mol. The van der Waals surface area contributed by atoms with E-state index in [0.717, 1.165) is 6.07 Å². The molecule has 1 heterocycles. The molecule has 2 rings (SSSR count). The number of ether oxygens (including phenoxy) is 1. The van der Waals surface area contributed by atoms with Crippen LogP contribution in [0.25, 0.3) is 0 Å². The minimum absolute atomic E-state index is 0.0299. The topological polar surface area (TPSA) is 41.6 Å². The number of carbonyl (C=O) groups excluding carboxylic acids is 1. The molecule has 1 N–H and O–H groups in total. The van der Waals surface area contributed by atoms with E-state index in [0.29, 0.717) is 13.1 Å². The van der Waals surface area contributed by atoms with Crippen molar-refractivity contribution in [3.8, 4) is 0 Å². The number of carbonyl (C=O) groups is 1. The Morgan fingerprint density at radius 1 is 1.35 bits per heavy atom. The number of anilines is 1. The minimum atomic E-state index is -4.45. The molecule has 1 aromatic carbocycles. The summed E-state index contributed by atoms with van der Waals surface area (Å²) in [6, 6.07) is 3.80. The van der Waals surface area contributed by atoms with Crippen LogP contribution in [0, 0.1) is 0 Å². The van der Waals surface area contributed by atoms with E-state index in [-0.39, 0.29) is 34.8 Å². The highest BCUT2D eigenvalue weighted by molar-refractivity contribution is 9.10. The molecule has 0 radical (unpaired) electrons. The molecule has 0 spiro atoms. The molecule has 1 amide bonds. The molecule has 2 atom stereocenters. The van der Waals surface area contributed by atoms with Crippen LogP contribution in [0.1, 0.15) is 19.4 Å². The zero-order valence-electron chi connectivity index (χ0n) is 12.8. The van der Waals surface area contributed by atoms with Gasteiger partial charge in [0.1, 0.15) is 0 Å². The minimum Gasteiger partial charge on any atom is -0.376 e. The Morgan fingerprint density at radius 3 is 2.52 bits per heavy atom. The molecule has 1 saturated heterocycles. The van der Waals surface area contributed by atoms with E-state index in [9.17, 15) is 18.0 Å². The van der Waals surface area contributed by atoms with E-state index in [2.05, 4.69) is 21.2 Å². The summed E-state index contributed by atoms with van der Waals surface area (Å²) in [6.07, 6.45) is -4.55. The zero-order chi connectivity index (χ0) is 17.2. The van der Waals surface area contributed by atoms with Gasteiger partial charge in [0, 0.05) is 23.2 Å². The van der Waals surface area contributed by atoms with E-state index in [1.165, 1.54) is 12.1 Å². The van der Waals surface area contributed by atoms with Crippen molar-refractivity contribution in [1.82, 2.24) is 4.90 Å². The molecule has 4 nitrogen and oxygen atoms in total. The van der Waals surface area contributed by atoms with E-state index >= 15 is 0 Å². The number of alkyl halides is 3. The van der Waals surface area contributed by atoms with Crippen LogP contribution >= 0.6 is 15.9 Å². The second-order valence-electron chi connectivity index (χ2n) is 5.60. The average molecular weight is 395 g/mol. The van der Waals surface area contributed by atoms with Gasteiger partial charge in [-0.05, 0) is 32.0 Å². The number of rotatable bonds is 3. The summed E-state index contributed by atoms with van der Waals surface area (Å²) < 4.78 is 44.1. The van der Waals surface area contributed by atoms with Gasteiger partial charge in [-0.1, -0.05) is 15.9 Å². The highest BCUT2D eigenvalue weighted by Crippen LogP contribution is 2.36. The third-order valence-corrected chi connectivity index (χ3v) is 4.18. The number of benzene rings is 1. The van der Waals surface area contributed by atoms with Crippen molar-refractivity contribution in [3.05, 3.63) is 28.2 Å². The fourth-order valence-electron chi connectivity index (χ4n) is 2.52. The van der Waals surface area contributed by atoms with Crippen LogP contribution in [0.4, 0.5) is 18.9 Å². The van der Waals surface area contributed by atoms with Crippen molar-refractivity contribution in [2.45, 2.75) is 32.2 Å². The molecule has 0 saturated carbocycles. The van der Waals surface area contributed by atoms with Crippen LogP contribution in [0.2, 0.25) is 0 Å². The van der Waals surface area contributed by atoms with Gasteiger partial charge in [0.05, 0.1) is 24.3 Å². The summed E-state index contributed by atoms with van der Waals surface area (Å²) in [7, 11) is 0. The highest BCUT2D eigenvalue weighted by Gasteiger charge is 2.33. The highest BCUT2D eigenvalue weighted by atomic mass is 79.9. The molecule has 1 aliphatic rings. The third-order valence-electron chi connectivity index (χ3n) is 3.49. The Morgan fingerprint density at radius 2 is 1.96 bits per heavy atom. The predicted molar refractivity (Wildman–Crippen MR) is 84.2 cm³/mol. The Labute approximate surface area is 141 Å². The van der Waals surface area contributed by atoms with E-state index < -0.39 is 11.7 Å². The first-order chi connectivity index (χ1) is 10.7. The second kappa shape index (κ2) is 7.09. The summed E-state index contributed by atoms with van der Waals surface area (Å²) in [5, 5.41) is 2.76. The van der Waals surface area contributed by atoms with Crippen LogP contribution in [-0.2, 0) is 15.7 Å². The normalized spacial score (nSPS) is 22.1. The first-order valence-electron chi connectivity index (χ1n) is 7.20. The van der Waals surface area contributed by atoms with Crippen LogP contribution in [0.5, 0.6) is 0 Å². The largest absolute Gasteiger partial charge is 0.417 e. The van der Waals surface area contributed by atoms with Crippen LogP contribution in [0.3, 0.4) is 0 Å². The zero-order valence-corrected chi connectivity index (χ0v) is 14.4. The fourth-order valence-corrected chi connectivity index (χ4v) is 2.99. The van der Waals surface area contributed by atoms with Crippen LogP contribution < -0.4 is 5.32 Å².